The highest BCUT2D eigenvalue weighted by molar-refractivity contribution is 5.77. The van der Waals surface area contributed by atoms with Crippen LogP contribution in [0.4, 0.5) is 0 Å². The summed E-state index contributed by atoms with van der Waals surface area (Å²) in [4.78, 5) is 10.8. The van der Waals surface area contributed by atoms with Gasteiger partial charge in [0.25, 0.3) is 0 Å². The van der Waals surface area contributed by atoms with Gasteiger partial charge >= 0.3 is 5.97 Å². The van der Waals surface area contributed by atoms with Crippen molar-refractivity contribution in [3.8, 4) is 0 Å². The first kappa shape index (κ1) is 8.53. The molecule has 1 saturated heterocycles. The van der Waals surface area contributed by atoms with Gasteiger partial charge in [-0.15, -0.1) is 0 Å². The molecule has 1 rings (SSSR count). The second-order valence-corrected chi connectivity index (χ2v) is 3.45. The van der Waals surface area contributed by atoms with Gasteiger partial charge in [-0.1, -0.05) is 20.8 Å². The van der Waals surface area contributed by atoms with E-state index in [1.165, 1.54) is 0 Å². The lowest BCUT2D eigenvalue weighted by Gasteiger charge is -2.17. The molecule has 0 amide bonds. The molecule has 64 valence electrons. The van der Waals surface area contributed by atoms with Crippen molar-refractivity contribution in [1.29, 1.82) is 0 Å². The summed E-state index contributed by atoms with van der Waals surface area (Å²) in [6.45, 7) is 5.79. The topological polar surface area (TPSA) is 46.5 Å². The van der Waals surface area contributed by atoms with Gasteiger partial charge in [0.05, 0.1) is 0 Å². The number of carbonyl (C=O) groups excluding carboxylic acids is 1. The molecule has 0 saturated carbocycles. The van der Waals surface area contributed by atoms with Gasteiger partial charge < -0.3 is 9.84 Å². The lowest BCUT2D eigenvalue weighted by Crippen LogP contribution is -2.25. The Balaban J connectivity index is 2.67. The predicted molar refractivity (Wildman–Crippen MR) is 39.9 cm³/mol. The molecule has 1 heterocycles. The number of rotatable bonds is 1. The fourth-order valence-electron chi connectivity index (χ4n) is 1.45. The van der Waals surface area contributed by atoms with E-state index in [1.807, 2.05) is 20.8 Å². The van der Waals surface area contributed by atoms with Crippen LogP contribution in [0.3, 0.4) is 0 Å². The number of cyclic esters (lactones) is 1. The lowest BCUT2D eigenvalue weighted by molar-refractivity contribution is -0.148. The van der Waals surface area contributed by atoms with E-state index in [2.05, 4.69) is 0 Å². The fraction of sp³-hybridized carbons (Fsp3) is 0.875. The smallest absolute Gasteiger partial charge is 0.335 e. The number of hydrogen-bond donors (Lipinski definition) is 1. The molecule has 1 aliphatic heterocycles. The van der Waals surface area contributed by atoms with Crippen LogP contribution < -0.4 is 0 Å². The molecule has 1 N–H and O–H groups in total. The Morgan fingerprint density at radius 3 is 2.27 bits per heavy atom. The van der Waals surface area contributed by atoms with Gasteiger partial charge in [0.2, 0.25) is 0 Å². The second kappa shape index (κ2) is 2.81. The number of esters is 1. The summed E-state index contributed by atoms with van der Waals surface area (Å²) < 4.78 is 4.96. The van der Waals surface area contributed by atoms with E-state index in [0.717, 1.165) is 0 Å². The van der Waals surface area contributed by atoms with Crippen LogP contribution in [0.15, 0.2) is 0 Å². The predicted octanol–water partition coefficient (Wildman–Crippen LogP) is 0.565. The van der Waals surface area contributed by atoms with Crippen molar-refractivity contribution in [3.05, 3.63) is 0 Å². The van der Waals surface area contributed by atoms with Crippen molar-refractivity contribution in [2.45, 2.75) is 33.0 Å². The third-order valence-electron chi connectivity index (χ3n) is 2.17. The number of aliphatic hydroxyl groups is 1. The van der Waals surface area contributed by atoms with Gasteiger partial charge in [-0.3, -0.25) is 0 Å². The molecule has 0 radical (unpaired) electrons. The third-order valence-corrected chi connectivity index (χ3v) is 2.17. The minimum Gasteiger partial charge on any atom is -0.460 e. The SMILES string of the molecule is CC(C)C1OC(=O)C(O)C1C. The zero-order valence-electron chi connectivity index (χ0n) is 7.07. The molecule has 3 atom stereocenters. The summed E-state index contributed by atoms with van der Waals surface area (Å²) in [5, 5.41) is 9.21. The second-order valence-electron chi connectivity index (χ2n) is 3.45. The van der Waals surface area contributed by atoms with Crippen LogP contribution in [-0.2, 0) is 9.53 Å². The Labute approximate surface area is 66.4 Å². The summed E-state index contributed by atoms with van der Waals surface area (Å²) in [5.74, 6) is -0.259. The average Bonchev–Trinajstić information content (AvgIpc) is 2.17. The zero-order valence-corrected chi connectivity index (χ0v) is 7.07. The first-order valence-corrected chi connectivity index (χ1v) is 3.92. The van der Waals surface area contributed by atoms with Crippen LogP contribution in [0.2, 0.25) is 0 Å². The lowest BCUT2D eigenvalue weighted by atomic mass is 9.93. The van der Waals surface area contributed by atoms with Crippen LogP contribution >= 0.6 is 0 Å². The molecule has 0 aromatic heterocycles. The normalized spacial score (nSPS) is 37.9. The van der Waals surface area contributed by atoms with Crippen molar-refractivity contribution in [1.82, 2.24) is 0 Å². The molecule has 0 spiro atoms. The molecule has 3 nitrogen and oxygen atoms in total. The molecule has 0 aromatic carbocycles. The number of ether oxygens (including phenoxy) is 1. The maximum atomic E-state index is 10.8. The van der Waals surface area contributed by atoms with Crippen LogP contribution in [0.1, 0.15) is 20.8 Å². The first-order valence-electron chi connectivity index (χ1n) is 3.92. The Kier molecular flexibility index (Phi) is 2.18. The Morgan fingerprint density at radius 2 is 2.09 bits per heavy atom. The van der Waals surface area contributed by atoms with Crippen molar-refractivity contribution in [2.24, 2.45) is 11.8 Å². The minimum atomic E-state index is -0.914. The maximum Gasteiger partial charge on any atom is 0.335 e. The molecule has 0 bridgehead atoms. The summed E-state index contributed by atoms with van der Waals surface area (Å²) in [6, 6.07) is 0. The van der Waals surface area contributed by atoms with Gasteiger partial charge in [-0.2, -0.15) is 0 Å². The summed E-state index contributed by atoms with van der Waals surface area (Å²) in [7, 11) is 0. The quantitative estimate of drug-likeness (QED) is 0.567. The number of aliphatic hydroxyl groups excluding tert-OH is 1. The Bertz CT molecular complexity index is 165. The van der Waals surface area contributed by atoms with Gasteiger partial charge in [0.15, 0.2) is 6.10 Å². The van der Waals surface area contributed by atoms with Crippen LogP contribution in [0, 0.1) is 11.8 Å². The molecule has 3 heteroatoms. The molecule has 1 fully saturated rings. The minimum absolute atomic E-state index is 0.0671. The van der Waals surface area contributed by atoms with Gasteiger partial charge in [-0.05, 0) is 5.92 Å². The van der Waals surface area contributed by atoms with E-state index in [0.29, 0.717) is 0 Å². The van der Waals surface area contributed by atoms with E-state index >= 15 is 0 Å². The van der Waals surface area contributed by atoms with E-state index < -0.39 is 12.1 Å². The zero-order chi connectivity index (χ0) is 8.59. The van der Waals surface area contributed by atoms with E-state index in [9.17, 15) is 9.90 Å². The summed E-state index contributed by atoms with van der Waals surface area (Å²) in [6.07, 6.45) is -1.03. The van der Waals surface area contributed by atoms with Crippen LogP contribution in [-0.4, -0.2) is 23.3 Å². The fourth-order valence-corrected chi connectivity index (χ4v) is 1.45. The largest absolute Gasteiger partial charge is 0.460 e. The highest BCUT2D eigenvalue weighted by Gasteiger charge is 2.41. The highest BCUT2D eigenvalue weighted by Crippen LogP contribution is 2.27. The molecule has 0 aromatic rings. The summed E-state index contributed by atoms with van der Waals surface area (Å²) >= 11 is 0. The van der Waals surface area contributed by atoms with E-state index in [1.54, 1.807) is 0 Å². The highest BCUT2D eigenvalue weighted by atomic mass is 16.6. The standard InChI is InChI=1S/C8H14O3/c1-4(2)7-5(3)6(9)8(10)11-7/h4-7,9H,1-3H3. The van der Waals surface area contributed by atoms with Gasteiger partial charge in [0, 0.05) is 5.92 Å². The number of hydrogen-bond acceptors (Lipinski definition) is 3. The molecule has 1 aliphatic rings. The van der Waals surface area contributed by atoms with Crippen molar-refractivity contribution in [3.63, 3.8) is 0 Å². The monoisotopic (exact) mass is 158 g/mol. The molecule has 11 heavy (non-hydrogen) atoms. The Hall–Kier alpha value is -0.570. The van der Waals surface area contributed by atoms with Gasteiger partial charge in [-0.25, -0.2) is 4.79 Å². The van der Waals surface area contributed by atoms with Crippen molar-refractivity contribution in [2.75, 3.05) is 0 Å². The first-order chi connectivity index (χ1) is 5.04. The van der Waals surface area contributed by atoms with Crippen molar-refractivity contribution >= 4 is 5.97 Å². The van der Waals surface area contributed by atoms with Crippen LogP contribution in [0.25, 0.3) is 0 Å². The number of carbonyl (C=O) groups is 1. The molecule has 3 unspecified atom stereocenters. The molecular weight excluding hydrogens is 144 g/mol. The molecule has 0 aliphatic carbocycles. The van der Waals surface area contributed by atoms with Gasteiger partial charge in [0.1, 0.15) is 6.10 Å². The maximum absolute atomic E-state index is 10.8. The summed E-state index contributed by atoms with van der Waals surface area (Å²) in [5.41, 5.74) is 0. The van der Waals surface area contributed by atoms with Crippen LogP contribution in [0.5, 0.6) is 0 Å². The molecular formula is C8H14O3. The van der Waals surface area contributed by atoms with E-state index in [-0.39, 0.29) is 17.9 Å². The van der Waals surface area contributed by atoms with E-state index in [4.69, 9.17) is 4.74 Å². The van der Waals surface area contributed by atoms with Crippen molar-refractivity contribution < 1.29 is 14.6 Å². The third kappa shape index (κ3) is 1.38. The Morgan fingerprint density at radius 1 is 1.55 bits per heavy atom. The average molecular weight is 158 g/mol.